The third kappa shape index (κ3) is 5.78. The van der Waals surface area contributed by atoms with Gasteiger partial charge in [0.25, 0.3) is 0 Å². The van der Waals surface area contributed by atoms with E-state index in [2.05, 4.69) is 73.8 Å². The van der Waals surface area contributed by atoms with Crippen molar-refractivity contribution in [3.63, 3.8) is 0 Å². The van der Waals surface area contributed by atoms with Crippen molar-refractivity contribution in [2.75, 3.05) is 0 Å². The van der Waals surface area contributed by atoms with Crippen molar-refractivity contribution in [3.8, 4) is 11.5 Å². The van der Waals surface area contributed by atoms with Gasteiger partial charge in [0.05, 0.1) is 0 Å². The number of carboxylic acids is 1. The van der Waals surface area contributed by atoms with Crippen LogP contribution in [-0.4, -0.2) is 38.4 Å². The maximum Gasteiger partial charge on any atom is 0.335 e. The highest BCUT2D eigenvalue weighted by molar-refractivity contribution is 6.75. The third-order valence-electron chi connectivity index (χ3n) is 7.99. The molecule has 0 saturated heterocycles. The Morgan fingerprint density at radius 1 is 0.938 bits per heavy atom. The Labute approximate surface area is 196 Å². The van der Waals surface area contributed by atoms with Crippen LogP contribution in [0.2, 0.25) is 36.3 Å². The summed E-state index contributed by atoms with van der Waals surface area (Å²) in [7, 11) is -4.09. The molecule has 2 rings (SSSR count). The standard InChI is InChI=1S/C25H44O5Si2/c1-23(2,3)31(7,8)29-19-11-12-20(18-13-15-25(28,16-14-18)22(26)27)21(17-19)30-32(9,10)24(4,5)6/h11-12,17-18,28H,13-16H2,1-10H3,(H,26,27). The van der Waals surface area contributed by atoms with E-state index in [1.807, 2.05) is 12.1 Å². The highest BCUT2D eigenvalue weighted by Gasteiger charge is 2.43. The zero-order valence-electron chi connectivity index (χ0n) is 21.8. The van der Waals surface area contributed by atoms with E-state index in [0.717, 1.165) is 17.1 Å². The quantitative estimate of drug-likeness (QED) is 0.432. The number of hydrogen-bond donors (Lipinski definition) is 2. The lowest BCUT2D eigenvalue weighted by molar-refractivity contribution is -0.162. The van der Waals surface area contributed by atoms with Crippen LogP contribution < -0.4 is 8.85 Å². The van der Waals surface area contributed by atoms with E-state index >= 15 is 0 Å². The second kappa shape index (κ2) is 8.80. The van der Waals surface area contributed by atoms with E-state index in [1.54, 1.807) is 0 Å². The van der Waals surface area contributed by atoms with Gasteiger partial charge in [0.1, 0.15) is 11.5 Å². The van der Waals surface area contributed by atoms with Crippen LogP contribution in [0.15, 0.2) is 18.2 Å². The zero-order chi connectivity index (χ0) is 24.8. The lowest BCUT2D eigenvalue weighted by Crippen LogP contribution is -2.45. The summed E-state index contributed by atoms with van der Waals surface area (Å²) in [4.78, 5) is 11.5. The molecule has 32 heavy (non-hydrogen) atoms. The summed E-state index contributed by atoms with van der Waals surface area (Å²) in [6.07, 6.45) is 1.77. The van der Waals surface area contributed by atoms with Crippen LogP contribution in [-0.2, 0) is 4.79 Å². The van der Waals surface area contributed by atoms with E-state index in [9.17, 15) is 15.0 Å². The second-order valence-electron chi connectivity index (χ2n) is 12.5. The fraction of sp³-hybridized carbons (Fsp3) is 0.720. The molecule has 0 aliphatic heterocycles. The molecule has 0 unspecified atom stereocenters. The summed E-state index contributed by atoms with van der Waals surface area (Å²) >= 11 is 0. The molecule has 1 fully saturated rings. The van der Waals surface area contributed by atoms with E-state index in [4.69, 9.17) is 8.85 Å². The number of rotatable bonds is 6. The molecule has 1 aromatic rings. The molecule has 0 aromatic heterocycles. The molecule has 0 atom stereocenters. The zero-order valence-corrected chi connectivity index (χ0v) is 23.8. The Morgan fingerprint density at radius 3 is 1.84 bits per heavy atom. The SMILES string of the molecule is CC(C)(C)[Si](C)(C)Oc1ccc(C2CCC(O)(C(=O)O)CC2)c(O[Si](C)(C)C(C)(C)C)c1. The molecule has 1 aromatic carbocycles. The number of aliphatic carboxylic acids is 1. The predicted octanol–water partition coefficient (Wildman–Crippen LogP) is 6.93. The van der Waals surface area contributed by atoms with Crippen molar-refractivity contribution in [1.29, 1.82) is 0 Å². The molecular weight excluding hydrogens is 436 g/mol. The van der Waals surface area contributed by atoms with E-state index in [1.165, 1.54) is 0 Å². The van der Waals surface area contributed by atoms with Crippen molar-refractivity contribution in [2.45, 2.75) is 115 Å². The third-order valence-corrected chi connectivity index (χ3v) is 16.7. The number of aliphatic hydroxyl groups is 1. The molecule has 1 aliphatic rings. The van der Waals surface area contributed by atoms with Crippen LogP contribution in [0.4, 0.5) is 0 Å². The fourth-order valence-corrected chi connectivity index (χ4v) is 5.55. The van der Waals surface area contributed by atoms with Gasteiger partial charge in [-0.05, 0) is 79.5 Å². The van der Waals surface area contributed by atoms with Crippen LogP contribution in [0.1, 0.15) is 78.7 Å². The predicted molar refractivity (Wildman–Crippen MR) is 136 cm³/mol. The van der Waals surface area contributed by atoms with Gasteiger partial charge in [-0.1, -0.05) is 47.6 Å². The molecule has 5 nitrogen and oxygen atoms in total. The van der Waals surface area contributed by atoms with E-state index < -0.39 is 28.2 Å². The number of benzene rings is 1. The lowest BCUT2D eigenvalue weighted by Gasteiger charge is -2.39. The maximum absolute atomic E-state index is 11.5. The van der Waals surface area contributed by atoms with Crippen molar-refractivity contribution in [2.24, 2.45) is 0 Å². The van der Waals surface area contributed by atoms with Gasteiger partial charge in [-0.25, -0.2) is 4.79 Å². The van der Waals surface area contributed by atoms with Crippen LogP contribution in [0.3, 0.4) is 0 Å². The molecule has 2 N–H and O–H groups in total. The Hall–Kier alpha value is -1.32. The Balaban J connectivity index is 2.42. The van der Waals surface area contributed by atoms with Gasteiger partial charge in [0.2, 0.25) is 16.6 Å². The molecule has 182 valence electrons. The Bertz CT molecular complexity index is 826. The van der Waals surface area contributed by atoms with Crippen LogP contribution in [0.5, 0.6) is 11.5 Å². The number of hydrogen-bond acceptors (Lipinski definition) is 4. The van der Waals surface area contributed by atoms with Crippen molar-refractivity contribution >= 4 is 22.6 Å². The first kappa shape index (κ1) is 26.9. The first-order chi connectivity index (χ1) is 14.3. The molecule has 0 heterocycles. The lowest BCUT2D eigenvalue weighted by atomic mass is 9.76. The average Bonchev–Trinajstić information content (AvgIpc) is 2.60. The minimum Gasteiger partial charge on any atom is -0.543 e. The van der Waals surface area contributed by atoms with Crippen LogP contribution in [0.25, 0.3) is 0 Å². The molecule has 7 heteroatoms. The molecule has 0 radical (unpaired) electrons. The van der Waals surface area contributed by atoms with Crippen LogP contribution in [0, 0.1) is 0 Å². The largest absolute Gasteiger partial charge is 0.543 e. The summed E-state index contributed by atoms with van der Waals surface area (Å²) in [5.41, 5.74) is -0.507. The van der Waals surface area contributed by atoms with Gasteiger partial charge in [-0.3, -0.25) is 0 Å². The number of carboxylic acid groups (broad SMARTS) is 1. The van der Waals surface area contributed by atoms with Crippen molar-refractivity contribution < 1.29 is 23.9 Å². The molecule has 0 spiro atoms. The van der Waals surface area contributed by atoms with E-state index in [0.29, 0.717) is 12.8 Å². The maximum atomic E-state index is 11.5. The summed E-state index contributed by atoms with van der Waals surface area (Å²) < 4.78 is 13.4. The van der Waals surface area contributed by atoms with Crippen molar-refractivity contribution in [1.82, 2.24) is 0 Å². The summed E-state index contributed by atoms with van der Waals surface area (Å²) in [5.74, 6) is 0.744. The van der Waals surface area contributed by atoms with Gasteiger partial charge in [-0.2, -0.15) is 0 Å². The summed E-state index contributed by atoms with van der Waals surface area (Å²) in [5, 5.41) is 19.9. The van der Waals surface area contributed by atoms with E-state index in [-0.39, 0.29) is 28.8 Å². The summed E-state index contributed by atoms with van der Waals surface area (Å²) in [6.45, 7) is 22.3. The molecule has 0 bridgehead atoms. The molecule has 0 amide bonds. The molecule has 1 saturated carbocycles. The Morgan fingerprint density at radius 2 is 1.41 bits per heavy atom. The van der Waals surface area contributed by atoms with Gasteiger partial charge in [-0.15, -0.1) is 0 Å². The minimum absolute atomic E-state index is 0.0523. The average molecular weight is 481 g/mol. The topological polar surface area (TPSA) is 76.0 Å². The smallest absolute Gasteiger partial charge is 0.335 e. The van der Waals surface area contributed by atoms with Gasteiger partial charge in [0.15, 0.2) is 5.60 Å². The van der Waals surface area contributed by atoms with Crippen molar-refractivity contribution in [3.05, 3.63) is 23.8 Å². The highest BCUT2D eigenvalue weighted by atomic mass is 28.4. The first-order valence-corrected chi connectivity index (χ1v) is 17.6. The summed E-state index contributed by atoms with van der Waals surface area (Å²) in [6, 6.07) is 6.18. The Kier molecular flexibility index (Phi) is 7.41. The van der Waals surface area contributed by atoms with Gasteiger partial charge >= 0.3 is 5.97 Å². The van der Waals surface area contributed by atoms with Crippen LogP contribution >= 0.6 is 0 Å². The minimum atomic E-state index is -2.09. The molecule has 1 aliphatic carbocycles. The second-order valence-corrected chi connectivity index (χ2v) is 22.0. The number of carbonyl (C=O) groups is 1. The molecular formula is C25H44O5Si2. The highest BCUT2D eigenvalue weighted by Crippen LogP contribution is 2.46. The van der Waals surface area contributed by atoms with Gasteiger partial charge in [0, 0.05) is 6.07 Å². The normalized spacial score (nSPS) is 23.0. The first-order valence-electron chi connectivity index (χ1n) is 11.8. The van der Waals surface area contributed by atoms with Gasteiger partial charge < -0.3 is 19.1 Å². The fourth-order valence-electron chi connectivity index (χ4n) is 3.50. The monoisotopic (exact) mass is 480 g/mol.